The SMILES string of the molecule is CC(C)C[C@H](NC(=O)[C@H](CS)NC(=O)[C@H](CO)NC(=O)[C@H](Cc1ccccc1)NC(=O)CNC(=O)[C@@H]1CCCN1C(=O)[C@@H]1CCCN1C(=O)[C@H](CCCN=C(N)N)NC(=O)[C@@H](N)CCCCN)C(=O)O. The molecule has 2 aliphatic heterocycles. The summed E-state index contributed by atoms with van der Waals surface area (Å²) in [6, 6.07) is -0.817. The topological polar surface area (TPSA) is 389 Å². The van der Waals surface area contributed by atoms with Crippen molar-refractivity contribution in [2.24, 2.45) is 33.8 Å². The molecule has 2 heterocycles. The van der Waals surface area contributed by atoms with Gasteiger partial charge in [0, 0.05) is 31.8 Å². The number of unbranched alkanes of at least 4 members (excludes halogenated alkanes) is 1. The highest BCUT2D eigenvalue weighted by molar-refractivity contribution is 7.80. The van der Waals surface area contributed by atoms with Crippen molar-refractivity contribution in [3.63, 3.8) is 0 Å². The summed E-state index contributed by atoms with van der Waals surface area (Å²) >= 11 is 4.11. The summed E-state index contributed by atoms with van der Waals surface area (Å²) in [6.07, 6.45) is 3.71. The Morgan fingerprint density at radius 1 is 0.757 bits per heavy atom. The number of nitrogens with two attached hydrogens (primary N) is 4. The van der Waals surface area contributed by atoms with E-state index >= 15 is 0 Å². The lowest BCUT2D eigenvalue weighted by molar-refractivity contribution is -0.148. The van der Waals surface area contributed by atoms with Crippen molar-refractivity contribution < 1.29 is 53.4 Å². The van der Waals surface area contributed by atoms with Crippen molar-refractivity contribution in [3.8, 4) is 0 Å². The third-order valence-corrected chi connectivity index (χ3v) is 12.2. The Morgan fingerprint density at radius 2 is 1.36 bits per heavy atom. The van der Waals surface area contributed by atoms with Gasteiger partial charge in [0.2, 0.25) is 47.3 Å². The summed E-state index contributed by atoms with van der Waals surface area (Å²) in [5.41, 5.74) is 23.2. The minimum Gasteiger partial charge on any atom is -0.480 e. The quantitative estimate of drug-likeness (QED) is 0.0159. The molecule has 2 saturated heterocycles. The van der Waals surface area contributed by atoms with Crippen LogP contribution in [0, 0.1) is 5.92 Å². The number of carboxylic acid groups (broad SMARTS) is 1. The highest BCUT2D eigenvalue weighted by Crippen LogP contribution is 2.26. The molecule has 0 unspecified atom stereocenters. The van der Waals surface area contributed by atoms with Gasteiger partial charge in [0.1, 0.15) is 42.3 Å². The molecule has 16 N–H and O–H groups in total. The zero-order valence-electron chi connectivity index (χ0n) is 40.0. The van der Waals surface area contributed by atoms with Gasteiger partial charge < -0.3 is 74.8 Å². The second-order valence-electron chi connectivity index (χ2n) is 17.8. The molecule has 0 spiro atoms. The van der Waals surface area contributed by atoms with Crippen LogP contribution in [0.1, 0.15) is 83.6 Å². The van der Waals surface area contributed by atoms with Gasteiger partial charge in [-0.1, -0.05) is 50.6 Å². The van der Waals surface area contributed by atoms with Crippen molar-refractivity contribution in [2.45, 2.75) is 133 Å². The van der Waals surface area contributed by atoms with E-state index in [0.29, 0.717) is 57.1 Å². The average Bonchev–Trinajstić information content (AvgIpc) is 4.03. The Balaban J connectivity index is 1.68. The Kier molecular flexibility index (Phi) is 24.9. The molecule has 2 aliphatic rings. The third-order valence-electron chi connectivity index (χ3n) is 11.8. The maximum absolute atomic E-state index is 14.2. The first-order valence-electron chi connectivity index (χ1n) is 23.7. The smallest absolute Gasteiger partial charge is 0.326 e. The minimum absolute atomic E-state index is 0.0750. The molecule has 2 fully saturated rings. The first kappa shape index (κ1) is 58.3. The molecule has 0 bridgehead atoms. The van der Waals surface area contributed by atoms with E-state index < -0.39 is 115 Å². The molecule has 70 heavy (non-hydrogen) atoms. The van der Waals surface area contributed by atoms with E-state index in [2.05, 4.69) is 49.5 Å². The molecular weight excluding hydrogens is 931 g/mol. The second-order valence-corrected chi connectivity index (χ2v) is 18.2. The van der Waals surface area contributed by atoms with E-state index in [9.17, 15) is 53.4 Å². The van der Waals surface area contributed by atoms with Crippen molar-refractivity contribution in [1.29, 1.82) is 0 Å². The Labute approximate surface area is 413 Å². The first-order chi connectivity index (χ1) is 33.3. The molecule has 0 aromatic heterocycles. The molecule has 1 aromatic carbocycles. The number of carboxylic acids is 1. The van der Waals surface area contributed by atoms with Crippen LogP contribution in [0.15, 0.2) is 35.3 Å². The fourth-order valence-corrected chi connectivity index (χ4v) is 8.41. The molecule has 3 rings (SSSR count). The number of aliphatic hydroxyl groups excluding tert-OH is 1. The van der Waals surface area contributed by atoms with Crippen LogP contribution in [0.4, 0.5) is 0 Å². The van der Waals surface area contributed by atoms with Gasteiger partial charge in [-0.25, -0.2) is 4.79 Å². The van der Waals surface area contributed by atoms with Crippen molar-refractivity contribution in [1.82, 2.24) is 41.7 Å². The monoisotopic (exact) mass is 1000 g/mol. The number of hydrogen-bond donors (Lipinski definition) is 13. The number of aliphatic imine (C=N–C) groups is 1. The Hall–Kier alpha value is -6.05. The number of thiol groups is 1. The van der Waals surface area contributed by atoms with Crippen LogP contribution in [0.2, 0.25) is 0 Å². The van der Waals surface area contributed by atoms with Gasteiger partial charge in [0.25, 0.3) is 0 Å². The number of likely N-dealkylation sites (tertiary alicyclic amines) is 2. The van der Waals surface area contributed by atoms with Gasteiger partial charge >= 0.3 is 5.97 Å². The summed E-state index contributed by atoms with van der Waals surface area (Å²) in [7, 11) is 0. The van der Waals surface area contributed by atoms with Crippen LogP contribution in [0.3, 0.4) is 0 Å². The molecule has 0 aliphatic carbocycles. The van der Waals surface area contributed by atoms with Crippen molar-refractivity contribution in [2.75, 3.05) is 45.1 Å². The van der Waals surface area contributed by atoms with E-state index in [1.807, 2.05) is 0 Å². The van der Waals surface area contributed by atoms with Crippen LogP contribution in [0.5, 0.6) is 0 Å². The highest BCUT2D eigenvalue weighted by atomic mass is 32.1. The van der Waals surface area contributed by atoms with E-state index in [4.69, 9.17) is 22.9 Å². The number of benzene rings is 1. The van der Waals surface area contributed by atoms with Crippen molar-refractivity contribution in [3.05, 3.63) is 35.9 Å². The highest BCUT2D eigenvalue weighted by Gasteiger charge is 2.44. The summed E-state index contributed by atoms with van der Waals surface area (Å²) in [6.45, 7) is 3.09. The number of guanidine groups is 1. The number of aliphatic carboxylic acids is 1. The summed E-state index contributed by atoms with van der Waals surface area (Å²) in [5, 5.41) is 34.7. The summed E-state index contributed by atoms with van der Waals surface area (Å²) in [5.74, 6) is -7.36. The van der Waals surface area contributed by atoms with Gasteiger partial charge in [0.15, 0.2) is 5.96 Å². The predicted octanol–water partition coefficient (Wildman–Crippen LogP) is -3.69. The molecule has 25 heteroatoms. The fourth-order valence-electron chi connectivity index (χ4n) is 8.15. The van der Waals surface area contributed by atoms with Gasteiger partial charge in [-0.2, -0.15) is 12.6 Å². The largest absolute Gasteiger partial charge is 0.480 e. The van der Waals surface area contributed by atoms with Crippen LogP contribution in [-0.2, 0) is 49.6 Å². The Morgan fingerprint density at radius 3 is 1.97 bits per heavy atom. The number of rotatable bonds is 29. The molecule has 8 amide bonds. The van der Waals surface area contributed by atoms with Gasteiger partial charge in [-0.15, -0.1) is 0 Å². The number of carbonyl (C=O) groups is 9. The van der Waals surface area contributed by atoms with E-state index in [0.717, 1.165) is 0 Å². The predicted molar refractivity (Wildman–Crippen MR) is 261 cm³/mol. The van der Waals surface area contributed by atoms with Crippen LogP contribution in [-0.4, -0.2) is 173 Å². The summed E-state index contributed by atoms with van der Waals surface area (Å²) in [4.78, 5) is 127. The second kappa shape index (κ2) is 29.9. The third kappa shape index (κ3) is 18.7. The standard InChI is InChI=1S/C45H73N13O11S/c1-26(2)21-31(44(68)69)54-40(64)33(25-70)56-39(63)32(24-59)55-38(62)30(22-27-11-4-3-5-12-27)52-36(60)23-51-41(65)34-15-9-19-57(34)43(67)35-16-10-20-58(35)42(66)29(14-8-18-50-45(48)49)53-37(61)28(47)13-6-7-17-46/h3-5,11-12,26,28-35,59,70H,6-10,13-25,46-47H2,1-2H3,(H,51,65)(H,52,60)(H,53,61)(H,54,64)(H,55,62)(H,56,63)(H,68,69)(H4,48,49,50)/t28-,29-,30-,31-,32-,33-,34-,35-/m0/s1. The maximum Gasteiger partial charge on any atom is 0.326 e. The average molecular weight is 1000 g/mol. The lowest BCUT2D eigenvalue weighted by Gasteiger charge is -2.33. The van der Waals surface area contributed by atoms with Crippen LogP contribution >= 0.6 is 12.6 Å². The van der Waals surface area contributed by atoms with Gasteiger partial charge in [-0.05, 0) is 75.8 Å². The molecule has 390 valence electrons. The molecule has 1 aromatic rings. The number of nitrogens with zero attached hydrogens (tertiary/aromatic N) is 3. The van der Waals surface area contributed by atoms with Crippen LogP contribution in [0.25, 0.3) is 0 Å². The number of carbonyl (C=O) groups excluding carboxylic acids is 8. The molecular formula is C45H73N13O11S. The van der Waals surface area contributed by atoms with Crippen molar-refractivity contribution >= 4 is 71.8 Å². The van der Waals surface area contributed by atoms with E-state index in [1.165, 1.54) is 9.80 Å². The number of nitrogens with one attached hydrogen (secondary N) is 6. The molecule has 8 atom stereocenters. The van der Waals surface area contributed by atoms with Gasteiger partial charge in [-0.3, -0.25) is 43.3 Å². The minimum atomic E-state index is -1.61. The van der Waals surface area contributed by atoms with Crippen LogP contribution < -0.4 is 54.8 Å². The lowest BCUT2D eigenvalue weighted by Crippen LogP contribution is -2.60. The zero-order valence-corrected chi connectivity index (χ0v) is 40.9. The Bertz CT molecular complexity index is 1980. The molecule has 24 nitrogen and oxygen atoms in total. The summed E-state index contributed by atoms with van der Waals surface area (Å²) < 4.78 is 0. The van der Waals surface area contributed by atoms with E-state index in [1.54, 1.807) is 44.2 Å². The number of hydrogen-bond acceptors (Lipinski definition) is 14. The zero-order chi connectivity index (χ0) is 51.9. The van der Waals surface area contributed by atoms with E-state index in [-0.39, 0.29) is 62.9 Å². The number of aliphatic hydroxyl groups is 1. The normalized spacial score (nSPS) is 18.0. The molecule has 0 saturated carbocycles. The maximum atomic E-state index is 14.2. The lowest BCUT2D eigenvalue weighted by atomic mass is 10.0. The van der Waals surface area contributed by atoms with Gasteiger partial charge in [0.05, 0.1) is 19.2 Å². The number of amides is 8. The first-order valence-corrected chi connectivity index (χ1v) is 24.3. The fraction of sp³-hybridized carbons (Fsp3) is 0.644. The molecule has 0 radical (unpaired) electrons.